The molecule has 1 aromatic heterocycles. The monoisotopic (exact) mass is 360 g/mol. The second-order valence-electron chi connectivity index (χ2n) is 5.99. The number of non-ortho nitro benzene ring substituents is 1. The van der Waals surface area contributed by atoms with Crippen LogP contribution < -0.4 is 5.73 Å². The number of aryl methyl sites for hydroxylation is 1. The Hall–Kier alpha value is -3.92. The van der Waals surface area contributed by atoms with Gasteiger partial charge in [-0.15, -0.1) is 0 Å². The highest BCUT2D eigenvalue weighted by Crippen LogP contribution is 2.27. The van der Waals surface area contributed by atoms with Gasteiger partial charge in [0.15, 0.2) is 0 Å². The van der Waals surface area contributed by atoms with Gasteiger partial charge in [0, 0.05) is 47.8 Å². The van der Waals surface area contributed by atoms with Crippen molar-refractivity contribution in [1.29, 1.82) is 5.26 Å². The fourth-order valence-electron chi connectivity index (χ4n) is 2.90. The van der Waals surface area contributed by atoms with E-state index in [-0.39, 0.29) is 18.0 Å². The molecule has 0 aliphatic heterocycles. The van der Waals surface area contributed by atoms with Crippen LogP contribution in [-0.4, -0.2) is 15.4 Å². The minimum Gasteiger partial charge on any atom is -0.370 e. The molecule has 2 aromatic carbocycles. The molecule has 0 radical (unpaired) electrons. The number of carbonyl (C=O) groups is 1. The number of amides is 1. The second kappa shape index (κ2) is 7.54. The molecular weight excluding hydrogens is 344 g/mol. The maximum Gasteiger partial charge on any atom is 0.269 e. The fourth-order valence-corrected chi connectivity index (χ4v) is 2.90. The summed E-state index contributed by atoms with van der Waals surface area (Å²) in [6, 6.07) is 15.7. The molecule has 0 saturated heterocycles. The van der Waals surface area contributed by atoms with Crippen LogP contribution in [0.4, 0.5) is 5.69 Å². The van der Waals surface area contributed by atoms with Crippen LogP contribution in [0.15, 0.2) is 54.7 Å². The summed E-state index contributed by atoms with van der Waals surface area (Å²) in [6.07, 6.45) is 3.83. The summed E-state index contributed by atoms with van der Waals surface area (Å²) in [5.41, 5.74) is 7.97. The number of hydrogen-bond acceptors (Lipinski definition) is 4. The third-order valence-corrected chi connectivity index (χ3v) is 4.23. The number of nitro groups is 1. The van der Waals surface area contributed by atoms with Crippen molar-refractivity contribution in [2.75, 3.05) is 0 Å². The molecule has 1 heterocycles. The number of rotatable bonds is 6. The number of carbonyl (C=O) groups excluding carboxylic acids is 1. The van der Waals surface area contributed by atoms with Gasteiger partial charge in [0.2, 0.25) is 5.91 Å². The van der Waals surface area contributed by atoms with Gasteiger partial charge in [-0.25, -0.2) is 0 Å². The number of fused-ring (bicyclic) bond motifs is 1. The summed E-state index contributed by atoms with van der Waals surface area (Å²) in [5, 5.41) is 21.3. The topological polar surface area (TPSA) is 115 Å². The molecule has 0 aliphatic rings. The number of primary amides is 1. The van der Waals surface area contributed by atoms with E-state index < -0.39 is 4.92 Å². The van der Waals surface area contributed by atoms with E-state index in [1.54, 1.807) is 18.2 Å². The van der Waals surface area contributed by atoms with Gasteiger partial charge in [0.25, 0.3) is 5.69 Å². The summed E-state index contributed by atoms with van der Waals surface area (Å²) in [7, 11) is 0. The highest BCUT2D eigenvalue weighted by Gasteiger charge is 2.11. The molecule has 134 valence electrons. The van der Waals surface area contributed by atoms with Gasteiger partial charge < -0.3 is 10.3 Å². The smallest absolute Gasteiger partial charge is 0.269 e. The lowest BCUT2D eigenvalue weighted by molar-refractivity contribution is -0.384. The first kappa shape index (κ1) is 17.9. The molecule has 2 N–H and O–H groups in total. The molecule has 7 nitrogen and oxygen atoms in total. The molecule has 27 heavy (non-hydrogen) atoms. The van der Waals surface area contributed by atoms with E-state index in [0.29, 0.717) is 17.7 Å². The average Bonchev–Trinajstić information content (AvgIpc) is 3.02. The van der Waals surface area contributed by atoms with Crippen LogP contribution in [0.1, 0.15) is 17.5 Å². The molecule has 0 aliphatic carbocycles. The zero-order valence-electron chi connectivity index (χ0n) is 14.3. The van der Waals surface area contributed by atoms with Crippen LogP contribution in [0.3, 0.4) is 0 Å². The fraction of sp³-hybridized carbons (Fsp3) is 0.100. The number of nitrogens with two attached hydrogens (primary N) is 1. The van der Waals surface area contributed by atoms with Gasteiger partial charge in [0.1, 0.15) is 0 Å². The summed E-state index contributed by atoms with van der Waals surface area (Å²) in [4.78, 5) is 21.4. The van der Waals surface area contributed by atoms with Crippen molar-refractivity contribution in [2.45, 2.75) is 13.0 Å². The zero-order valence-corrected chi connectivity index (χ0v) is 14.3. The van der Waals surface area contributed by atoms with E-state index in [1.165, 1.54) is 12.1 Å². The minimum atomic E-state index is -0.480. The van der Waals surface area contributed by atoms with Crippen LogP contribution in [0.2, 0.25) is 0 Å². The predicted octanol–water partition coefficient (Wildman–Crippen LogP) is 3.49. The number of nitro benzene ring substituents is 1. The van der Waals surface area contributed by atoms with E-state index in [0.717, 1.165) is 16.5 Å². The third-order valence-electron chi connectivity index (χ3n) is 4.23. The van der Waals surface area contributed by atoms with E-state index in [2.05, 4.69) is 6.07 Å². The van der Waals surface area contributed by atoms with Gasteiger partial charge in [0.05, 0.1) is 16.6 Å². The zero-order chi connectivity index (χ0) is 19.4. The molecule has 0 atom stereocenters. The molecule has 7 heteroatoms. The maximum atomic E-state index is 11.1. The first-order valence-electron chi connectivity index (χ1n) is 8.22. The Bertz CT molecular complexity index is 1090. The van der Waals surface area contributed by atoms with Crippen molar-refractivity contribution in [3.8, 4) is 6.07 Å². The molecule has 0 bridgehead atoms. The standard InChI is InChI=1S/C20H16N4O3/c21-12-15(14-5-7-17(8-6-14)24(26)27)11-16-13-23(10-9-20(22)25)19-4-2-1-3-18(16)19/h1-8,11,13H,9-10H2,(H2,22,25)/b15-11+. The Labute approximate surface area is 155 Å². The normalized spacial score (nSPS) is 11.3. The number of nitrogens with zero attached hydrogens (tertiary/aromatic N) is 3. The average molecular weight is 360 g/mol. The lowest BCUT2D eigenvalue weighted by atomic mass is 10.0. The Balaban J connectivity index is 2.03. The lowest BCUT2D eigenvalue weighted by Gasteiger charge is -2.02. The first-order valence-corrected chi connectivity index (χ1v) is 8.22. The van der Waals surface area contributed by atoms with Gasteiger partial charge in [-0.3, -0.25) is 14.9 Å². The Morgan fingerprint density at radius 1 is 1.22 bits per heavy atom. The molecule has 0 spiro atoms. The van der Waals surface area contributed by atoms with Crippen LogP contribution in [-0.2, 0) is 11.3 Å². The molecule has 3 aromatic rings. The quantitative estimate of drug-likeness (QED) is 0.411. The second-order valence-corrected chi connectivity index (χ2v) is 5.99. The summed E-state index contributed by atoms with van der Waals surface area (Å²) in [5.74, 6) is -0.381. The van der Waals surface area contributed by atoms with Crippen molar-refractivity contribution in [1.82, 2.24) is 4.57 Å². The molecule has 1 amide bonds. The van der Waals surface area contributed by atoms with Crippen molar-refractivity contribution < 1.29 is 9.72 Å². The largest absolute Gasteiger partial charge is 0.370 e. The first-order chi connectivity index (χ1) is 13.0. The SMILES string of the molecule is N#C/C(=C\c1cn(CCC(N)=O)c2ccccc12)c1ccc([N+](=O)[O-])cc1. The van der Waals surface area contributed by atoms with Crippen molar-refractivity contribution >= 4 is 34.1 Å². The highest BCUT2D eigenvalue weighted by molar-refractivity contribution is 5.98. The van der Waals surface area contributed by atoms with Crippen LogP contribution in [0.5, 0.6) is 0 Å². The highest BCUT2D eigenvalue weighted by atomic mass is 16.6. The van der Waals surface area contributed by atoms with Crippen LogP contribution in [0, 0.1) is 21.4 Å². The number of hydrogen-bond donors (Lipinski definition) is 1. The van der Waals surface area contributed by atoms with E-state index in [4.69, 9.17) is 5.73 Å². The van der Waals surface area contributed by atoms with E-state index in [1.807, 2.05) is 35.0 Å². The van der Waals surface area contributed by atoms with Gasteiger partial charge >= 0.3 is 0 Å². The summed E-state index contributed by atoms with van der Waals surface area (Å²) < 4.78 is 1.93. The number of allylic oxidation sites excluding steroid dienone is 1. The summed E-state index contributed by atoms with van der Waals surface area (Å²) >= 11 is 0. The number of nitriles is 1. The molecule has 0 saturated carbocycles. The number of aromatic nitrogens is 1. The van der Waals surface area contributed by atoms with Gasteiger partial charge in [-0.2, -0.15) is 5.26 Å². The Kier molecular flexibility index (Phi) is 4.99. The van der Waals surface area contributed by atoms with E-state index >= 15 is 0 Å². The number of benzene rings is 2. The van der Waals surface area contributed by atoms with Crippen molar-refractivity contribution in [3.63, 3.8) is 0 Å². The number of para-hydroxylation sites is 1. The molecule has 0 fully saturated rings. The Morgan fingerprint density at radius 3 is 2.56 bits per heavy atom. The third kappa shape index (κ3) is 3.85. The molecule has 0 unspecified atom stereocenters. The van der Waals surface area contributed by atoms with Crippen molar-refractivity contribution in [2.24, 2.45) is 5.73 Å². The Morgan fingerprint density at radius 2 is 1.93 bits per heavy atom. The van der Waals surface area contributed by atoms with Gasteiger partial charge in [-0.1, -0.05) is 18.2 Å². The minimum absolute atomic E-state index is 0.0286. The van der Waals surface area contributed by atoms with E-state index in [9.17, 15) is 20.2 Å². The lowest BCUT2D eigenvalue weighted by Crippen LogP contribution is -2.13. The van der Waals surface area contributed by atoms with Crippen molar-refractivity contribution in [3.05, 3.63) is 76.0 Å². The predicted molar refractivity (Wildman–Crippen MR) is 102 cm³/mol. The van der Waals surface area contributed by atoms with Crippen LogP contribution >= 0.6 is 0 Å². The molecular formula is C20H16N4O3. The van der Waals surface area contributed by atoms with Gasteiger partial charge in [-0.05, 0) is 29.8 Å². The summed E-state index contributed by atoms with van der Waals surface area (Å²) in [6.45, 7) is 0.448. The van der Waals surface area contributed by atoms with Crippen LogP contribution in [0.25, 0.3) is 22.6 Å². The maximum absolute atomic E-state index is 11.1. The molecule has 3 rings (SSSR count).